The monoisotopic (exact) mass is 508 g/mol. The molecule has 150 valence electrons. The maximum atomic E-state index is 11.9. The summed E-state index contributed by atoms with van der Waals surface area (Å²) < 4.78 is 24.5. The highest BCUT2D eigenvalue weighted by Crippen LogP contribution is 2.39. The third kappa shape index (κ3) is 4.67. The number of hydrogen-bond acceptors (Lipinski definition) is 6. The number of cyclic esters (lactones) is 2. The first-order valence-electron chi connectivity index (χ1n) is 8.52. The quantitative estimate of drug-likeness (QED) is 0.571. The van der Waals surface area contributed by atoms with Gasteiger partial charge < -0.3 is 29.6 Å². The Labute approximate surface area is 174 Å². The Morgan fingerprint density at radius 1 is 0.889 bits per heavy atom. The van der Waals surface area contributed by atoms with Crippen molar-refractivity contribution in [3.8, 4) is 0 Å². The van der Waals surface area contributed by atoms with E-state index >= 15 is 0 Å². The van der Waals surface area contributed by atoms with Crippen LogP contribution in [0.3, 0.4) is 0 Å². The summed E-state index contributed by atoms with van der Waals surface area (Å²) in [5.41, 5.74) is 0. The molecule has 0 aromatic carbocycles. The molecule has 0 aromatic rings. The van der Waals surface area contributed by atoms with Gasteiger partial charge in [0, 0.05) is 12.8 Å². The van der Waals surface area contributed by atoms with E-state index in [1.54, 1.807) is 13.8 Å². The molecule has 2 N–H and O–H groups in total. The summed E-state index contributed by atoms with van der Waals surface area (Å²) in [5, 5.41) is 5.54. The Bertz CT molecular complexity index is 616. The number of amides is 2. The van der Waals surface area contributed by atoms with Crippen molar-refractivity contribution in [3.05, 3.63) is 22.1 Å². The van der Waals surface area contributed by atoms with Crippen molar-refractivity contribution in [2.75, 3.05) is 0 Å². The third-order valence-electron chi connectivity index (χ3n) is 4.58. The highest BCUT2D eigenvalue weighted by Gasteiger charge is 2.57. The lowest BCUT2D eigenvalue weighted by atomic mass is 9.92. The van der Waals surface area contributed by atoms with Crippen molar-refractivity contribution in [1.82, 2.24) is 10.6 Å². The van der Waals surface area contributed by atoms with Gasteiger partial charge in [0.25, 0.3) is 0 Å². The number of halogens is 2. The van der Waals surface area contributed by atoms with Crippen molar-refractivity contribution in [2.45, 2.75) is 69.0 Å². The van der Waals surface area contributed by atoms with Crippen molar-refractivity contribution < 1.29 is 28.5 Å². The number of ether oxygens (including phenoxy) is 4. The van der Waals surface area contributed by atoms with Gasteiger partial charge in [-0.1, -0.05) is 45.0 Å². The number of carbonyl (C=O) groups is 2. The smallest absolute Gasteiger partial charge is 0.407 e. The first kappa shape index (κ1) is 20.6. The van der Waals surface area contributed by atoms with Gasteiger partial charge >= 0.3 is 12.2 Å². The fourth-order valence-corrected chi connectivity index (χ4v) is 4.37. The predicted octanol–water partition coefficient (Wildman–Crippen LogP) is 3.06. The molecule has 0 aromatic heterocycles. The van der Waals surface area contributed by atoms with E-state index in [4.69, 9.17) is 18.9 Å². The normalized spacial score (nSPS) is 37.3. The molecule has 0 saturated carbocycles. The topological polar surface area (TPSA) is 95.1 Å². The molecule has 10 heteroatoms. The van der Waals surface area contributed by atoms with Crippen LogP contribution in [0.1, 0.15) is 26.7 Å². The van der Waals surface area contributed by atoms with E-state index in [0.717, 1.165) is 8.96 Å². The van der Waals surface area contributed by atoms with E-state index < -0.39 is 42.4 Å². The molecule has 8 nitrogen and oxygen atoms in total. The standard InChI is InChI=1S/C17H22Br2N2O6/c1-7(18)5-9-11(24-15(22)20-9)13-14(27-17(3,4)26-13)12-10(6-8(2)19)21-16(23)25-12/h9-14H,1-2,5-6H2,3-4H3,(H,20,22)(H,21,23)/t9-,10-,11+,12+,13+,14+/m0/s1. The molecule has 27 heavy (non-hydrogen) atoms. The molecular formula is C17H22Br2N2O6. The number of carbonyl (C=O) groups excluding carboxylic acids is 2. The molecule has 0 spiro atoms. The molecule has 3 saturated heterocycles. The zero-order valence-electron chi connectivity index (χ0n) is 15.0. The molecule has 3 aliphatic rings. The van der Waals surface area contributed by atoms with Crippen LogP contribution in [-0.2, 0) is 18.9 Å². The molecule has 3 aliphatic heterocycles. The lowest BCUT2D eigenvalue weighted by Crippen LogP contribution is -2.51. The number of hydrogen-bond donors (Lipinski definition) is 2. The third-order valence-corrected chi connectivity index (χ3v) is 5.23. The molecule has 3 heterocycles. The highest BCUT2D eigenvalue weighted by atomic mass is 79.9. The Morgan fingerprint density at radius 3 is 1.59 bits per heavy atom. The van der Waals surface area contributed by atoms with E-state index in [9.17, 15) is 9.59 Å². The Hall–Kier alpha value is -1.10. The zero-order chi connectivity index (χ0) is 19.9. The largest absolute Gasteiger partial charge is 0.441 e. The van der Waals surface area contributed by atoms with E-state index in [2.05, 4.69) is 55.7 Å². The molecular weight excluding hydrogens is 488 g/mol. The van der Waals surface area contributed by atoms with Crippen molar-refractivity contribution in [3.63, 3.8) is 0 Å². The van der Waals surface area contributed by atoms with Gasteiger partial charge in [0.15, 0.2) is 18.0 Å². The van der Waals surface area contributed by atoms with Crippen LogP contribution in [0.5, 0.6) is 0 Å². The average molecular weight is 510 g/mol. The highest BCUT2D eigenvalue weighted by molar-refractivity contribution is 9.12. The van der Waals surface area contributed by atoms with Gasteiger partial charge in [-0.3, -0.25) is 0 Å². The summed E-state index contributed by atoms with van der Waals surface area (Å²) in [6.07, 6.45) is -2.62. The van der Waals surface area contributed by atoms with Crippen LogP contribution in [0.15, 0.2) is 22.1 Å². The first-order valence-corrected chi connectivity index (χ1v) is 10.1. The van der Waals surface area contributed by atoms with Crippen molar-refractivity contribution >= 4 is 44.0 Å². The maximum absolute atomic E-state index is 11.9. The van der Waals surface area contributed by atoms with Crippen molar-refractivity contribution in [2.24, 2.45) is 0 Å². The van der Waals surface area contributed by atoms with Gasteiger partial charge in [0.05, 0.1) is 12.1 Å². The van der Waals surface area contributed by atoms with Gasteiger partial charge in [0.1, 0.15) is 12.2 Å². The fourth-order valence-electron chi connectivity index (χ4n) is 3.68. The SMILES string of the molecule is C=C(Br)C[C@@H]1NC(=O)O[C@H]1[C@H]1OC(C)(C)O[C@@H]1[C@@H]1OC(=O)N[C@H]1CC(=C)Br. The average Bonchev–Trinajstić information content (AvgIpc) is 3.13. The molecule has 0 radical (unpaired) electrons. The van der Waals surface area contributed by atoms with Crippen LogP contribution in [0.25, 0.3) is 0 Å². The summed E-state index contributed by atoms with van der Waals surface area (Å²) in [5.74, 6) is -0.925. The predicted molar refractivity (Wildman–Crippen MR) is 104 cm³/mol. The van der Waals surface area contributed by atoms with Gasteiger partial charge in [-0.15, -0.1) is 0 Å². The Kier molecular flexibility index (Phi) is 5.90. The summed E-state index contributed by atoms with van der Waals surface area (Å²) in [6.45, 7) is 11.2. The van der Waals surface area contributed by atoms with E-state index in [-0.39, 0.29) is 12.1 Å². The zero-order valence-corrected chi connectivity index (χ0v) is 18.2. The first-order chi connectivity index (χ1) is 12.6. The minimum atomic E-state index is -0.925. The van der Waals surface area contributed by atoms with Crippen LogP contribution in [-0.4, -0.2) is 54.5 Å². The van der Waals surface area contributed by atoms with E-state index in [0.29, 0.717) is 12.8 Å². The van der Waals surface area contributed by atoms with Crippen LogP contribution >= 0.6 is 31.9 Å². The van der Waals surface area contributed by atoms with E-state index in [1.165, 1.54) is 0 Å². The van der Waals surface area contributed by atoms with Crippen LogP contribution < -0.4 is 10.6 Å². The minimum Gasteiger partial charge on any atom is -0.441 e. The second-order valence-electron chi connectivity index (χ2n) is 7.25. The molecule has 6 atom stereocenters. The summed E-state index contributed by atoms with van der Waals surface area (Å²) in [6, 6.07) is -0.687. The lowest BCUT2D eigenvalue weighted by molar-refractivity contribution is -0.159. The van der Waals surface area contributed by atoms with Gasteiger partial charge in [0.2, 0.25) is 0 Å². The second kappa shape index (κ2) is 7.73. The summed E-state index contributed by atoms with van der Waals surface area (Å²) >= 11 is 6.64. The molecule has 0 aliphatic carbocycles. The van der Waals surface area contributed by atoms with E-state index in [1.807, 2.05) is 0 Å². The Morgan fingerprint density at radius 2 is 1.26 bits per heavy atom. The summed E-state index contributed by atoms with van der Waals surface area (Å²) in [7, 11) is 0. The lowest BCUT2D eigenvalue weighted by Gasteiger charge is -2.29. The molecule has 3 fully saturated rings. The van der Waals surface area contributed by atoms with Gasteiger partial charge in [-0.05, 0) is 22.8 Å². The molecule has 3 rings (SSSR count). The van der Waals surface area contributed by atoms with Gasteiger partial charge in [-0.25, -0.2) is 9.59 Å². The summed E-state index contributed by atoms with van der Waals surface area (Å²) in [4.78, 5) is 23.7. The van der Waals surface area contributed by atoms with Crippen molar-refractivity contribution in [1.29, 1.82) is 0 Å². The number of nitrogens with one attached hydrogen (secondary N) is 2. The number of alkyl carbamates (subject to hydrolysis) is 2. The van der Waals surface area contributed by atoms with Crippen LogP contribution in [0, 0.1) is 0 Å². The maximum Gasteiger partial charge on any atom is 0.407 e. The molecule has 0 unspecified atom stereocenters. The number of rotatable bonds is 6. The minimum absolute atomic E-state index is 0.343. The fraction of sp³-hybridized carbons (Fsp3) is 0.647. The Balaban J connectivity index is 1.86. The molecule has 2 amide bonds. The van der Waals surface area contributed by atoms with Gasteiger partial charge in [-0.2, -0.15) is 0 Å². The van der Waals surface area contributed by atoms with Crippen LogP contribution in [0.4, 0.5) is 9.59 Å². The van der Waals surface area contributed by atoms with Crippen LogP contribution in [0.2, 0.25) is 0 Å². The second-order valence-corrected chi connectivity index (χ2v) is 9.49. The molecule has 0 bridgehead atoms.